The van der Waals surface area contributed by atoms with Crippen molar-refractivity contribution in [2.45, 2.75) is 26.3 Å². The monoisotopic (exact) mass is 260 g/mol. The largest absolute Gasteiger partial charge is 0.330 e. The summed E-state index contributed by atoms with van der Waals surface area (Å²) < 4.78 is 15.7. The molecule has 1 aromatic carbocycles. The molecule has 100 valence electrons. The molecule has 0 saturated carbocycles. The molecule has 0 aliphatic carbocycles. The lowest BCUT2D eigenvalue weighted by Crippen LogP contribution is -2.25. The van der Waals surface area contributed by atoms with E-state index in [0.29, 0.717) is 18.0 Å². The van der Waals surface area contributed by atoms with Crippen molar-refractivity contribution in [3.05, 3.63) is 35.4 Å². The number of rotatable bonds is 2. The van der Waals surface area contributed by atoms with Gasteiger partial charge < -0.3 is 10.3 Å². The van der Waals surface area contributed by atoms with Crippen LogP contribution < -0.4 is 5.73 Å². The molecule has 1 unspecified atom stereocenters. The minimum Gasteiger partial charge on any atom is -0.330 e. The summed E-state index contributed by atoms with van der Waals surface area (Å²) in [6, 6.07) is 5.20. The second-order valence-electron chi connectivity index (χ2n) is 5.15. The van der Waals surface area contributed by atoms with Gasteiger partial charge >= 0.3 is 0 Å². The average molecular weight is 260 g/mol. The molecule has 0 bridgehead atoms. The summed E-state index contributed by atoms with van der Waals surface area (Å²) in [4.78, 5) is 0. The highest BCUT2D eigenvalue weighted by molar-refractivity contribution is 5.56. The van der Waals surface area contributed by atoms with E-state index in [-0.39, 0.29) is 5.82 Å². The van der Waals surface area contributed by atoms with E-state index in [1.54, 1.807) is 13.0 Å². The fourth-order valence-electron chi connectivity index (χ4n) is 2.54. The summed E-state index contributed by atoms with van der Waals surface area (Å²) in [6.45, 7) is 3.29. The third-order valence-electron chi connectivity index (χ3n) is 3.82. The molecular formula is C14H17FN4. The Kier molecular flexibility index (Phi) is 3.06. The molecule has 1 aliphatic rings. The average Bonchev–Trinajstić information content (AvgIpc) is 2.84. The highest BCUT2D eigenvalue weighted by Gasteiger charge is 2.22. The van der Waals surface area contributed by atoms with Crippen molar-refractivity contribution in [1.29, 1.82) is 0 Å². The molecule has 2 aromatic rings. The zero-order chi connectivity index (χ0) is 13.4. The van der Waals surface area contributed by atoms with Crippen LogP contribution in [0, 0.1) is 18.7 Å². The zero-order valence-electron chi connectivity index (χ0n) is 10.9. The van der Waals surface area contributed by atoms with Crippen molar-refractivity contribution < 1.29 is 4.39 Å². The van der Waals surface area contributed by atoms with Crippen molar-refractivity contribution >= 4 is 0 Å². The Bertz CT molecular complexity index is 605. The van der Waals surface area contributed by atoms with Crippen molar-refractivity contribution in [2.75, 3.05) is 6.54 Å². The summed E-state index contributed by atoms with van der Waals surface area (Å²) in [5, 5.41) is 8.43. The lowest BCUT2D eigenvalue weighted by Gasteiger charge is -2.22. The number of halogens is 1. The minimum absolute atomic E-state index is 0.203. The van der Waals surface area contributed by atoms with Gasteiger partial charge in [-0.15, -0.1) is 10.2 Å². The number of nitrogens with two attached hydrogens (primary N) is 1. The molecule has 2 N–H and O–H groups in total. The highest BCUT2D eigenvalue weighted by Crippen LogP contribution is 2.26. The first kappa shape index (κ1) is 12.3. The summed E-state index contributed by atoms with van der Waals surface area (Å²) in [5.74, 6) is 1.99. The van der Waals surface area contributed by atoms with Crippen LogP contribution in [0.2, 0.25) is 0 Å². The smallest absolute Gasteiger partial charge is 0.164 e. The molecule has 2 heterocycles. The zero-order valence-corrected chi connectivity index (χ0v) is 10.9. The third-order valence-corrected chi connectivity index (χ3v) is 3.82. The molecule has 1 aromatic heterocycles. The van der Waals surface area contributed by atoms with Crippen molar-refractivity contribution in [2.24, 2.45) is 11.7 Å². The molecule has 1 aliphatic heterocycles. The number of aromatic nitrogens is 3. The highest BCUT2D eigenvalue weighted by atomic mass is 19.1. The van der Waals surface area contributed by atoms with Crippen LogP contribution in [-0.2, 0) is 13.0 Å². The quantitative estimate of drug-likeness (QED) is 0.897. The maximum absolute atomic E-state index is 13.6. The second-order valence-corrected chi connectivity index (χ2v) is 5.15. The van der Waals surface area contributed by atoms with Crippen molar-refractivity contribution in [3.63, 3.8) is 0 Å². The fourth-order valence-corrected chi connectivity index (χ4v) is 2.54. The van der Waals surface area contributed by atoms with E-state index < -0.39 is 0 Å². The lowest BCUT2D eigenvalue weighted by atomic mass is 9.98. The Labute approximate surface area is 111 Å². The molecule has 0 spiro atoms. The second kappa shape index (κ2) is 4.74. The number of fused-ring (bicyclic) bond motifs is 1. The fraction of sp³-hybridized carbons (Fsp3) is 0.429. The summed E-state index contributed by atoms with van der Waals surface area (Å²) in [6.07, 6.45) is 1.89. The Morgan fingerprint density at radius 3 is 3.00 bits per heavy atom. The van der Waals surface area contributed by atoms with Gasteiger partial charge in [-0.2, -0.15) is 0 Å². The minimum atomic E-state index is -0.203. The van der Waals surface area contributed by atoms with Crippen LogP contribution >= 0.6 is 0 Å². The maximum Gasteiger partial charge on any atom is 0.164 e. The first-order chi connectivity index (χ1) is 9.19. The molecule has 0 amide bonds. The Hall–Kier alpha value is -1.75. The number of hydrogen-bond acceptors (Lipinski definition) is 3. The molecule has 19 heavy (non-hydrogen) atoms. The standard InChI is InChI=1S/C14H17FN4/c1-9-2-3-11(7-12(9)15)14-18-17-13-6-10(8-16)4-5-19(13)14/h2-3,7,10H,4-6,8,16H2,1H3. The van der Waals surface area contributed by atoms with Gasteiger partial charge in [0.25, 0.3) is 0 Å². The summed E-state index contributed by atoms with van der Waals surface area (Å²) in [7, 11) is 0. The van der Waals surface area contributed by atoms with Crippen LogP contribution in [0.25, 0.3) is 11.4 Å². The molecule has 0 fully saturated rings. The molecule has 3 rings (SSSR count). The van der Waals surface area contributed by atoms with Gasteiger partial charge in [-0.1, -0.05) is 12.1 Å². The predicted molar refractivity (Wildman–Crippen MR) is 71.0 cm³/mol. The molecule has 4 nitrogen and oxygen atoms in total. The van der Waals surface area contributed by atoms with Gasteiger partial charge in [-0.3, -0.25) is 0 Å². The molecule has 5 heteroatoms. The predicted octanol–water partition coefficient (Wildman–Crippen LogP) is 1.91. The van der Waals surface area contributed by atoms with Crippen molar-refractivity contribution in [3.8, 4) is 11.4 Å². The SMILES string of the molecule is Cc1ccc(-c2nnc3n2CCC(CN)C3)cc1F. The Morgan fingerprint density at radius 1 is 1.42 bits per heavy atom. The van der Waals surface area contributed by atoms with E-state index in [9.17, 15) is 4.39 Å². The number of nitrogens with zero attached hydrogens (tertiary/aromatic N) is 3. The topological polar surface area (TPSA) is 56.7 Å². The molecule has 1 atom stereocenters. The van der Waals surface area contributed by atoms with Gasteiger partial charge in [-0.05, 0) is 37.4 Å². The first-order valence-corrected chi connectivity index (χ1v) is 6.57. The van der Waals surface area contributed by atoms with Crippen LogP contribution in [0.4, 0.5) is 4.39 Å². The third kappa shape index (κ3) is 2.14. The first-order valence-electron chi connectivity index (χ1n) is 6.57. The Morgan fingerprint density at radius 2 is 2.26 bits per heavy atom. The number of hydrogen-bond donors (Lipinski definition) is 1. The van der Waals surface area contributed by atoms with Gasteiger partial charge in [0.15, 0.2) is 5.82 Å². The van der Waals surface area contributed by atoms with Crippen LogP contribution in [0.15, 0.2) is 18.2 Å². The van der Waals surface area contributed by atoms with Crippen LogP contribution in [-0.4, -0.2) is 21.3 Å². The summed E-state index contributed by atoms with van der Waals surface area (Å²) in [5.41, 5.74) is 7.14. The molecule has 0 radical (unpaired) electrons. The van der Waals surface area contributed by atoms with Gasteiger partial charge in [0.05, 0.1) is 0 Å². The van der Waals surface area contributed by atoms with E-state index in [1.807, 2.05) is 6.07 Å². The van der Waals surface area contributed by atoms with Crippen LogP contribution in [0.1, 0.15) is 17.8 Å². The van der Waals surface area contributed by atoms with Crippen LogP contribution in [0.3, 0.4) is 0 Å². The normalized spacial score (nSPS) is 18.4. The van der Waals surface area contributed by atoms with E-state index in [2.05, 4.69) is 14.8 Å². The summed E-state index contributed by atoms with van der Waals surface area (Å²) >= 11 is 0. The van der Waals surface area contributed by atoms with Gasteiger partial charge in [0.2, 0.25) is 0 Å². The number of aryl methyl sites for hydroxylation is 1. The number of benzene rings is 1. The van der Waals surface area contributed by atoms with Gasteiger partial charge in [-0.25, -0.2) is 4.39 Å². The maximum atomic E-state index is 13.6. The molecular weight excluding hydrogens is 243 g/mol. The van der Waals surface area contributed by atoms with E-state index >= 15 is 0 Å². The van der Waals surface area contributed by atoms with E-state index in [4.69, 9.17) is 5.73 Å². The lowest BCUT2D eigenvalue weighted by molar-refractivity contribution is 0.391. The van der Waals surface area contributed by atoms with E-state index in [1.165, 1.54) is 6.07 Å². The van der Waals surface area contributed by atoms with Crippen LogP contribution in [0.5, 0.6) is 0 Å². The van der Waals surface area contributed by atoms with E-state index in [0.717, 1.165) is 36.6 Å². The van der Waals surface area contributed by atoms with Gasteiger partial charge in [0.1, 0.15) is 11.6 Å². The van der Waals surface area contributed by atoms with Gasteiger partial charge in [0, 0.05) is 18.5 Å². The molecule has 0 saturated heterocycles. The van der Waals surface area contributed by atoms with Crippen molar-refractivity contribution in [1.82, 2.24) is 14.8 Å². The Balaban J connectivity index is 1.99.